The minimum Gasteiger partial charge on any atom is -0.342 e. The van der Waals surface area contributed by atoms with Crippen molar-refractivity contribution in [2.75, 3.05) is 43.3 Å². The van der Waals surface area contributed by atoms with Crippen molar-refractivity contribution in [2.24, 2.45) is 0 Å². The number of hydrogen-bond donors (Lipinski definition) is 0. The highest BCUT2D eigenvalue weighted by molar-refractivity contribution is 7.92. The SMILES string of the molecule is CS(=O)(=O)N(CCCC(=O)N1CCN(C=O)CC1)c1cccc(Cl)c1. The van der Waals surface area contributed by atoms with Gasteiger partial charge in [0.2, 0.25) is 22.3 Å². The van der Waals surface area contributed by atoms with Gasteiger partial charge < -0.3 is 9.80 Å². The van der Waals surface area contributed by atoms with Gasteiger partial charge in [0.05, 0.1) is 11.9 Å². The number of rotatable bonds is 7. The molecule has 0 N–H and O–H groups in total. The molecule has 1 saturated heterocycles. The monoisotopic (exact) mass is 387 g/mol. The number of sulfonamides is 1. The van der Waals surface area contributed by atoms with Crippen LogP contribution < -0.4 is 4.31 Å². The highest BCUT2D eigenvalue weighted by atomic mass is 35.5. The summed E-state index contributed by atoms with van der Waals surface area (Å²) < 4.78 is 25.3. The van der Waals surface area contributed by atoms with Gasteiger partial charge in [0.1, 0.15) is 0 Å². The Morgan fingerprint density at radius 2 is 1.96 bits per heavy atom. The first kappa shape index (κ1) is 19.5. The average Bonchev–Trinajstić information content (AvgIpc) is 2.57. The van der Waals surface area contributed by atoms with Gasteiger partial charge in [-0.05, 0) is 24.6 Å². The van der Waals surface area contributed by atoms with E-state index in [0.29, 0.717) is 43.3 Å². The van der Waals surface area contributed by atoms with Crippen LogP contribution in [0.4, 0.5) is 5.69 Å². The van der Waals surface area contributed by atoms with Crippen molar-refractivity contribution in [3.8, 4) is 0 Å². The summed E-state index contributed by atoms with van der Waals surface area (Å²) in [5.41, 5.74) is 0.488. The number of benzene rings is 1. The smallest absolute Gasteiger partial charge is 0.232 e. The molecule has 7 nitrogen and oxygen atoms in total. The van der Waals surface area contributed by atoms with Gasteiger partial charge in [0, 0.05) is 44.2 Å². The van der Waals surface area contributed by atoms with E-state index in [0.717, 1.165) is 12.7 Å². The van der Waals surface area contributed by atoms with Crippen LogP contribution in [0.2, 0.25) is 5.02 Å². The van der Waals surface area contributed by atoms with E-state index in [2.05, 4.69) is 0 Å². The number of carbonyl (C=O) groups excluding carboxylic acids is 2. The molecule has 1 aromatic carbocycles. The molecule has 2 amide bonds. The quantitative estimate of drug-likeness (QED) is 0.658. The molecule has 1 aliphatic heterocycles. The van der Waals surface area contributed by atoms with Crippen molar-refractivity contribution in [2.45, 2.75) is 12.8 Å². The number of piperazine rings is 1. The third-order valence-electron chi connectivity index (χ3n) is 4.06. The summed E-state index contributed by atoms with van der Waals surface area (Å²) in [5.74, 6) is -0.0231. The third-order valence-corrected chi connectivity index (χ3v) is 5.49. The lowest BCUT2D eigenvalue weighted by molar-refractivity contribution is -0.135. The Balaban J connectivity index is 1.91. The van der Waals surface area contributed by atoms with E-state index in [9.17, 15) is 18.0 Å². The van der Waals surface area contributed by atoms with Crippen LogP contribution in [-0.2, 0) is 19.6 Å². The van der Waals surface area contributed by atoms with E-state index in [4.69, 9.17) is 11.6 Å². The maximum absolute atomic E-state index is 12.2. The molecule has 0 atom stereocenters. The van der Waals surface area contributed by atoms with E-state index < -0.39 is 10.0 Å². The van der Waals surface area contributed by atoms with Gasteiger partial charge in [-0.15, -0.1) is 0 Å². The number of nitrogens with zero attached hydrogens (tertiary/aromatic N) is 3. The average molecular weight is 388 g/mol. The van der Waals surface area contributed by atoms with Crippen molar-refractivity contribution >= 4 is 39.6 Å². The Bertz CT molecular complexity index is 718. The van der Waals surface area contributed by atoms with Crippen molar-refractivity contribution in [3.63, 3.8) is 0 Å². The maximum atomic E-state index is 12.2. The molecule has 1 fully saturated rings. The van der Waals surface area contributed by atoms with Crippen LogP contribution in [0.15, 0.2) is 24.3 Å². The molecule has 0 unspecified atom stereocenters. The highest BCUT2D eigenvalue weighted by Gasteiger charge is 2.21. The topological polar surface area (TPSA) is 78.0 Å². The van der Waals surface area contributed by atoms with E-state index in [-0.39, 0.29) is 18.9 Å². The number of anilines is 1. The molecule has 138 valence electrons. The van der Waals surface area contributed by atoms with Crippen molar-refractivity contribution in [1.82, 2.24) is 9.80 Å². The normalized spacial score (nSPS) is 15.1. The molecule has 0 aromatic heterocycles. The van der Waals surface area contributed by atoms with Crippen LogP contribution in [0.1, 0.15) is 12.8 Å². The molecule has 9 heteroatoms. The summed E-state index contributed by atoms with van der Waals surface area (Å²) in [6.07, 6.45) is 2.59. The predicted molar refractivity (Wildman–Crippen MR) is 97.1 cm³/mol. The first-order valence-corrected chi connectivity index (χ1v) is 10.2. The lowest BCUT2D eigenvalue weighted by Gasteiger charge is -2.32. The zero-order valence-corrected chi connectivity index (χ0v) is 15.7. The van der Waals surface area contributed by atoms with Gasteiger partial charge in [-0.2, -0.15) is 0 Å². The molecule has 2 rings (SSSR count). The van der Waals surface area contributed by atoms with Gasteiger partial charge in [-0.3, -0.25) is 13.9 Å². The molecule has 0 saturated carbocycles. The molecule has 1 aromatic rings. The fraction of sp³-hybridized carbons (Fsp3) is 0.500. The fourth-order valence-electron chi connectivity index (χ4n) is 2.73. The molecule has 1 aliphatic rings. The van der Waals surface area contributed by atoms with Gasteiger partial charge >= 0.3 is 0 Å². The lowest BCUT2D eigenvalue weighted by Crippen LogP contribution is -2.48. The predicted octanol–water partition coefficient (Wildman–Crippen LogP) is 1.19. The summed E-state index contributed by atoms with van der Waals surface area (Å²) >= 11 is 5.94. The van der Waals surface area contributed by atoms with Gasteiger partial charge in [0.15, 0.2) is 0 Å². The molecular formula is C16H22ClN3O4S. The van der Waals surface area contributed by atoms with E-state index in [1.54, 1.807) is 34.1 Å². The molecule has 0 spiro atoms. The minimum absolute atomic E-state index is 0.0231. The van der Waals surface area contributed by atoms with Crippen LogP contribution >= 0.6 is 11.6 Å². The molecule has 0 aliphatic carbocycles. The Kier molecular flexibility index (Phi) is 6.66. The Morgan fingerprint density at radius 3 is 2.52 bits per heavy atom. The summed E-state index contributed by atoms with van der Waals surface area (Å²) in [5, 5.41) is 0.454. The zero-order valence-electron chi connectivity index (χ0n) is 14.1. The summed E-state index contributed by atoms with van der Waals surface area (Å²) in [6, 6.07) is 6.62. The number of halogens is 1. The molecule has 1 heterocycles. The van der Waals surface area contributed by atoms with Crippen molar-refractivity contribution in [1.29, 1.82) is 0 Å². The highest BCUT2D eigenvalue weighted by Crippen LogP contribution is 2.22. The lowest BCUT2D eigenvalue weighted by atomic mass is 10.2. The van der Waals surface area contributed by atoms with Gasteiger partial charge in [0.25, 0.3) is 0 Å². The van der Waals surface area contributed by atoms with Crippen LogP contribution in [0.25, 0.3) is 0 Å². The Morgan fingerprint density at radius 1 is 1.28 bits per heavy atom. The largest absolute Gasteiger partial charge is 0.342 e. The second-order valence-electron chi connectivity index (χ2n) is 5.94. The zero-order chi connectivity index (χ0) is 18.4. The summed E-state index contributed by atoms with van der Waals surface area (Å²) in [7, 11) is -3.46. The Labute approximate surface area is 153 Å². The number of carbonyl (C=O) groups is 2. The van der Waals surface area contributed by atoms with E-state index in [1.165, 1.54) is 4.31 Å². The fourth-order valence-corrected chi connectivity index (χ4v) is 3.87. The number of hydrogen-bond acceptors (Lipinski definition) is 4. The van der Waals surface area contributed by atoms with E-state index in [1.807, 2.05) is 0 Å². The van der Waals surface area contributed by atoms with Gasteiger partial charge in [-0.25, -0.2) is 8.42 Å². The van der Waals surface area contributed by atoms with E-state index >= 15 is 0 Å². The van der Waals surface area contributed by atoms with Crippen LogP contribution in [0, 0.1) is 0 Å². The van der Waals surface area contributed by atoms with Crippen molar-refractivity contribution in [3.05, 3.63) is 29.3 Å². The summed E-state index contributed by atoms with van der Waals surface area (Å²) in [4.78, 5) is 26.3. The molecule has 25 heavy (non-hydrogen) atoms. The second kappa shape index (κ2) is 8.53. The van der Waals surface area contributed by atoms with Crippen molar-refractivity contribution < 1.29 is 18.0 Å². The first-order valence-electron chi connectivity index (χ1n) is 8.01. The standard InChI is InChI=1S/C16H22ClN3O4S/c1-25(23,24)20(15-5-2-4-14(17)12-15)7-3-6-16(22)19-10-8-18(13-21)9-11-19/h2,4-5,12-13H,3,6-11H2,1H3. The second-order valence-corrected chi connectivity index (χ2v) is 8.28. The molecule has 0 bridgehead atoms. The molecule has 0 radical (unpaired) electrons. The molecular weight excluding hydrogens is 366 g/mol. The minimum atomic E-state index is -3.46. The van der Waals surface area contributed by atoms with Gasteiger partial charge in [-0.1, -0.05) is 17.7 Å². The maximum Gasteiger partial charge on any atom is 0.232 e. The summed E-state index contributed by atoms with van der Waals surface area (Å²) in [6.45, 7) is 2.31. The van der Waals surface area contributed by atoms with Crippen LogP contribution in [-0.4, -0.2) is 69.5 Å². The van der Waals surface area contributed by atoms with Crippen LogP contribution in [0.3, 0.4) is 0 Å². The first-order chi connectivity index (χ1) is 11.8. The Hall–Kier alpha value is -1.80. The van der Waals surface area contributed by atoms with Crippen LogP contribution in [0.5, 0.6) is 0 Å². The number of amides is 2. The third kappa shape index (κ3) is 5.61.